The van der Waals surface area contributed by atoms with Crippen molar-refractivity contribution >= 4 is 5.97 Å². The molecule has 0 atom stereocenters. The monoisotopic (exact) mass is 506 g/mol. The van der Waals surface area contributed by atoms with Crippen molar-refractivity contribution in [3.05, 3.63) is 70.3 Å². The van der Waals surface area contributed by atoms with Crippen LogP contribution in [0.25, 0.3) is 0 Å². The number of esters is 1. The maximum Gasteiger partial charge on any atom is 0.335 e. The topological polar surface area (TPSA) is 46.5 Å². The first-order valence-corrected chi connectivity index (χ1v) is 13.5. The Hall–Kier alpha value is -2.55. The van der Waals surface area contributed by atoms with Crippen LogP contribution >= 0.6 is 0 Å². The van der Waals surface area contributed by atoms with E-state index in [9.17, 15) is 9.90 Å². The number of rotatable bonds is 8. The lowest BCUT2D eigenvalue weighted by Gasteiger charge is -2.35. The highest BCUT2D eigenvalue weighted by molar-refractivity contribution is 5.84. The molecule has 204 valence electrons. The van der Waals surface area contributed by atoms with Crippen LogP contribution in [0.3, 0.4) is 0 Å². The maximum atomic E-state index is 12.5. The molecule has 0 spiro atoms. The average molecular weight is 507 g/mol. The number of phenolic OH excluding ortho intramolecular Hbond substituents is 1. The first-order valence-electron chi connectivity index (χ1n) is 13.5. The molecule has 1 N–H and O–H groups in total. The summed E-state index contributed by atoms with van der Waals surface area (Å²) in [5.74, 6) is 0.442. The molecular weight excluding hydrogens is 456 g/mol. The van der Waals surface area contributed by atoms with E-state index in [0.717, 1.165) is 46.2 Å². The van der Waals surface area contributed by atoms with Gasteiger partial charge in [-0.05, 0) is 53.9 Å². The molecule has 0 bridgehead atoms. The molecule has 0 aliphatic heterocycles. The highest BCUT2D eigenvalue weighted by Crippen LogP contribution is 2.45. The van der Waals surface area contributed by atoms with E-state index in [2.05, 4.69) is 108 Å². The lowest BCUT2D eigenvalue weighted by molar-refractivity contribution is -0.129. The van der Waals surface area contributed by atoms with Gasteiger partial charge >= 0.3 is 5.97 Å². The summed E-state index contributed by atoms with van der Waals surface area (Å²) in [5, 5.41) is 11.6. The van der Waals surface area contributed by atoms with E-state index in [4.69, 9.17) is 4.74 Å². The molecule has 0 aliphatic carbocycles. The maximum absolute atomic E-state index is 12.5. The van der Waals surface area contributed by atoms with Crippen molar-refractivity contribution in [2.24, 2.45) is 10.8 Å². The largest absolute Gasteiger partial charge is 0.507 e. The molecular formula is C34H50O3. The van der Waals surface area contributed by atoms with Crippen LogP contribution in [0.2, 0.25) is 0 Å². The summed E-state index contributed by atoms with van der Waals surface area (Å²) >= 11 is 0. The highest BCUT2D eigenvalue weighted by atomic mass is 16.5. The third kappa shape index (κ3) is 8.22. The number of hydrogen-bond donors (Lipinski definition) is 1. The molecule has 0 amide bonds. The molecule has 0 saturated heterocycles. The Morgan fingerprint density at radius 3 is 1.68 bits per heavy atom. The van der Waals surface area contributed by atoms with Gasteiger partial charge in [0.1, 0.15) is 11.5 Å². The normalized spacial score (nSPS) is 13.0. The van der Waals surface area contributed by atoms with E-state index < -0.39 is 5.97 Å². The molecule has 2 rings (SSSR count). The molecule has 0 aromatic heterocycles. The average Bonchev–Trinajstić information content (AvgIpc) is 2.68. The molecule has 2 aromatic carbocycles. The standard InChI is InChI=1S/C34H50O3/c1-14-28(35)37-30-25(16-23(3)18-27(30)34(12,13)21-32(7,8)9)19-24-15-22(2)17-26(29(24)36)33(10,11)20-31(4,5)6/h14-18,36H,1,19-21H2,2-13H3. The smallest absolute Gasteiger partial charge is 0.335 e. The zero-order chi connectivity index (χ0) is 28.6. The molecule has 0 aliphatic rings. The number of hydrogen-bond acceptors (Lipinski definition) is 3. The fourth-order valence-electron chi connectivity index (χ4n) is 6.30. The predicted octanol–water partition coefficient (Wildman–Crippen LogP) is 9.12. The van der Waals surface area contributed by atoms with Crippen LogP contribution in [-0.2, 0) is 22.0 Å². The second kappa shape index (κ2) is 10.7. The van der Waals surface area contributed by atoms with Crippen LogP contribution < -0.4 is 4.74 Å². The lowest BCUT2D eigenvalue weighted by atomic mass is 9.70. The summed E-state index contributed by atoms with van der Waals surface area (Å²) in [6, 6.07) is 8.36. The summed E-state index contributed by atoms with van der Waals surface area (Å²) in [7, 11) is 0. The minimum Gasteiger partial charge on any atom is -0.507 e. The SMILES string of the molecule is C=CC(=O)Oc1c(Cc2cc(C)cc(C(C)(C)CC(C)(C)C)c2O)cc(C)cc1C(C)(C)CC(C)(C)C. The van der Waals surface area contributed by atoms with E-state index in [0.29, 0.717) is 17.9 Å². The van der Waals surface area contributed by atoms with E-state index in [1.165, 1.54) is 6.08 Å². The number of carbonyl (C=O) groups is 1. The number of ether oxygens (including phenoxy) is 1. The Morgan fingerprint density at radius 2 is 1.22 bits per heavy atom. The van der Waals surface area contributed by atoms with Crippen molar-refractivity contribution in [3.8, 4) is 11.5 Å². The third-order valence-corrected chi connectivity index (χ3v) is 6.80. The summed E-state index contributed by atoms with van der Waals surface area (Å²) in [6.45, 7) is 30.0. The quantitative estimate of drug-likeness (QED) is 0.221. The van der Waals surface area contributed by atoms with Gasteiger partial charge in [0.15, 0.2) is 0 Å². The Bertz CT molecular complexity index is 1150. The second-order valence-corrected chi connectivity index (χ2v) is 14.7. The summed E-state index contributed by atoms with van der Waals surface area (Å²) in [5.41, 5.74) is 5.70. The predicted molar refractivity (Wildman–Crippen MR) is 157 cm³/mol. The Morgan fingerprint density at radius 1 is 0.784 bits per heavy atom. The lowest BCUT2D eigenvalue weighted by Crippen LogP contribution is -2.26. The van der Waals surface area contributed by atoms with Gasteiger partial charge in [0.05, 0.1) is 0 Å². The van der Waals surface area contributed by atoms with Crippen LogP contribution in [-0.4, -0.2) is 11.1 Å². The Kier molecular flexibility index (Phi) is 8.85. The molecule has 0 heterocycles. The zero-order valence-corrected chi connectivity index (χ0v) is 25.5. The summed E-state index contributed by atoms with van der Waals surface area (Å²) in [4.78, 5) is 12.5. The Labute approximate surface area is 226 Å². The van der Waals surface area contributed by atoms with Crippen molar-refractivity contribution in [2.75, 3.05) is 0 Å². The van der Waals surface area contributed by atoms with Crippen molar-refractivity contribution in [3.63, 3.8) is 0 Å². The van der Waals surface area contributed by atoms with Gasteiger partial charge < -0.3 is 9.84 Å². The molecule has 3 heteroatoms. The number of benzene rings is 2. The molecule has 0 radical (unpaired) electrons. The van der Waals surface area contributed by atoms with E-state index in [-0.39, 0.29) is 21.7 Å². The minimum atomic E-state index is -0.474. The van der Waals surface area contributed by atoms with Gasteiger partial charge in [-0.25, -0.2) is 4.79 Å². The van der Waals surface area contributed by atoms with Crippen molar-refractivity contribution in [1.29, 1.82) is 0 Å². The van der Waals surface area contributed by atoms with E-state index in [1.807, 2.05) is 6.07 Å². The molecule has 0 fully saturated rings. The fourth-order valence-corrected chi connectivity index (χ4v) is 6.30. The summed E-state index contributed by atoms with van der Waals surface area (Å²) < 4.78 is 5.95. The first kappa shape index (κ1) is 30.7. The van der Waals surface area contributed by atoms with Gasteiger partial charge in [0, 0.05) is 29.2 Å². The third-order valence-electron chi connectivity index (χ3n) is 6.80. The highest BCUT2D eigenvalue weighted by Gasteiger charge is 2.33. The van der Waals surface area contributed by atoms with Crippen molar-refractivity contribution < 1.29 is 14.6 Å². The van der Waals surface area contributed by atoms with E-state index in [1.54, 1.807) is 0 Å². The number of phenols is 1. The van der Waals surface area contributed by atoms with Gasteiger partial charge in [0.2, 0.25) is 0 Å². The van der Waals surface area contributed by atoms with Crippen LogP contribution in [0.5, 0.6) is 11.5 Å². The second-order valence-electron chi connectivity index (χ2n) is 14.7. The molecule has 37 heavy (non-hydrogen) atoms. The number of aromatic hydroxyl groups is 1. The molecule has 3 nitrogen and oxygen atoms in total. The van der Waals surface area contributed by atoms with Crippen LogP contribution in [0.15, 0.2) is 36.9 Å². The zero-order valence-electron chi connectivity index (χ0n) is 25.5. The van der Waals surface area contributed by atoms with Gasteiger partial charge in [-0.3, -0.25) is 0 Å². The Balaban J connectivity index is 2.73. The van der Waals surface area contributed by atoms with Crippen LogP contribution in [0, 0.1) is 24.7 Å². The minimum absolute atomic E-state index is 0.0927. The van der Waals surface area contributed by atoms with Crippen molar-refractivity contribution in [2.45, 2.75) is 113 Å². The van der Waals surface area contributed by atoms with Gasteiger partial charge in [-0.15, -0.1) is 0 Å². The number of carbonyl (C=O) groups excluding carboxylic acids is 1. The van der Waals surface area contributed by atoms with Gasteiger partial charge in [0.25, 0.3) is 0 Å². The number of aryl methyl sites for hydroxylation is 2. The first-order chi connectivity index (χ1) is 16.6. The van der Waals surface area contributed by atoms with Crippen molar-refractivity contribution in [1.82, 2.24) is 0 Å². The fraction of sp³-hybridized carbons (Fsp3) is 0.559. The van der Waals surface area contributed by atoms with Gasteiger partial charge in [-0.2, -0.15) is 0 Å². The molecule has 2 aromatic rings. The van der Waals surface area contributed by atoms with E-state index >= 15 is 0 Å². The van der Waals surface area contributed by atoms with Crippen LogP contribution in [0.1, 0.15) is 115 Å². The summed E-state index contributed by atoms with van der Waals surface area (Å²) in [6.07, 6.45) is 3.53. The van der Waals surface area contributed by atoms with Gasteiger partial charge in [-0.1, -0.05) is 111 Å². The molecule has 0 unspecified atom stereocenters. The molecule has 0 saturated carbocycles. The van der Waals surface area contributed by atoms with Crippen LogP contribution in [0.4, 0.5) is 0 Å².